The summed E-state index contributed by atoms with van der Waals surface area (Å²) in [4.78, 5) is 5.66. The number of nitrogens with zero attached hydrogens (tertiary/aromatic N) is 1. The fraction of sp³-hybridized carbons (Fsp3) is 0.556. The molecule has 1 saturated heterocycles. The lowest BCUT2D eigenvalue weighted by molar-refractivity contribution is -0.151. The number of benzene rings is 1. The number of rotatable bonds is 4. The van der Waals surface area contributed by atoms with E-state index in [9.17, 15) is 5.11 Å². The van der Waals surface area contributed by atoms with E-state index in [-0.39, 0.29) is 5.41 Å². The minimum Gasteiger partial charge on any atom is -0.387 e. The maximum atomic E-state index is 10.8. The minimum atomic E-state index is -0.733. The second-order valence-corrected chi connectivity index (χ2v) is 7.21. The molecule has 0 spiro atoms. The lowest BCUT2D eigenvalue weighted by Crippen LogP contribution is -2.59. The van der Waals surface area contributed by atoms with Crippen LogP contribution < -0.4 is 0 Å². The number of nitrogens with one attached hydrogen (secondary N) is 1. The molecule has 4 nitrogen and oxygen atoms in total. The third-order valence-electron chi connectivity index (χ3n) is 5.13. The maximum absolute atomic E-state index is 10.8. The van der Waals surface area contributed by atoms with Crippen molar-refractivity contribution in [3.63, 3.8) is 0 Å². The van der Waals surface area contributed by atoms with E-state index in [1.54, 1.807) is 7.11 Å². The molecule has 0 bridgehead atoms. The Labute approximate surface area is 132 Å². The van der Waals surface area contributed by atoms with Crippen LogP contribution in [0.4, 0.5) is 0 Å². The van der Waals surface area contributed by atoms with Gasteiger partial charge in [0.25, 0.3) is 0 Å². The van der Waals surface area contributed by atoms with E-state index >= 15 is 0 Å². The molecule has 4 heteroatoms. The Hall–Kier alpha value is -1.36. The number of aromatic amines is 1. The summed E-state index contributed by atoms with van der Waals surface area (Å²) in [7, 11) is 1.66. The van der Waals surface area contributed by atoms with Crippen molar-refractivity contribution in [2.45, 2.75) is 32.4 Å². The van der Waals surface area contributed by atoms with Gasteiger partial charge in [0.2, 0.25) is 0 Å². The number of aromatic nitrogens is 1. The molecule has 22 heavy (non-hydrogen) atoms. The summed E-state index contributed by atoms with van der Waals surface area (Å²) < 4.78 is 5.24. The monoisotopic (exact) mass is 302 g/mol. The molecular formula is C18H26N2O2. The lowest BCUT2D eigenvalue weighted by Gasteiger charge is -2.50. The van der Waals surface area contributed by atoms with Gasteiger partial charge in [-0.05, 0) is 35.6 Å². The van der Waals surface area contributed by atoms with Crippen LogP contribution in [0.1, 0.15) is 25.8 Å². The van der Waals surface area contributed by atoms with Crippen molar-refractivity contribution in [2.75, 3.05) is 26.8 Å². The zero-order valence-electron chi connectivity index (χ0n) is 13.7. The number of hydrogen-bond acceptors (Lipinski definition) is 3. The Bertz CT molecular complexity index is 649. The maximum Gasteiger partial charge on any atom is 0.0954 e. The zero-order valence-corrected chi connectivity index (χ0v) is 13.7. The van der Waals surface area contributed by atoms with Gasteiger partial charge in [-0.2, -0.15) is 0 Å². The lowest BCUT2D eigenvalue weighted by atomic mass is 9.70. The SMILES string of the molecule is COC[C@]1(O)CCN(Cc2ccc3[nH]ccc3c2)CC1(C)C. The van der Waals surface area contributed by atoms with Crippen LogP contribution in [0.3, 0.4) is 0 Å². The van der Waals surface area contributed by atoms with Gasteiger partial charge in [0.1, 0.15) is 0 Å². The van der Waals surface area contributed by atoms with E-state index < -0.39 is 5.60 Å². The van der Waals surface area contributed by atoms with E-state index in [1.165, 1.54) is 16.5 Å². The zero-order chi connectivity index (χ0) is 15.8. The van der Waals surface area contributed by atoms with Crippen LogP contribution in [-0.4, -0.2) is 47.4 Å². The standard InChI is InChI=1S/C18H26N2O2/c1-17(2)12-20(9-7-18(17,21)13-22-3)11-14-4-5-16-15(10-14)6-8-19-16/h4-6,8,10,19,21H,7,9,11-13H2,1-3H3/t18-/m1/s1. The average Bonchev–Trinajstić information content (AvgIpc) is 2.91. The molecule has 2 heterocycles. The van der Waals surface area contributed by atoms with Crippen molar-refractivity contribution in [2.24, 2.45) is 5.41 Å². The first-order valence-corrected chi connectivity index (χ1v) is 7.93. The summed E-state index contributed by atoms with van der Waals surface area (Å²) in [5.74, 6) is 0. The molecular weight excluding hydrogens is 276 g/mol. The van der Waals surface area contributed by atoms with Gasteiger partial charge in [0.15, 0.2) is 0 Å². The van der Waals surface area contributed by atoms with E-state index in [0.717, 1.165) is 26.1 Å². The Morgan fingerprint density at radius 1 is 1.32 bits per heavy atom. The molecule has 1 fully saturated rings. The predicted molar refractivity (Wildman–Crippen MR) is 88.8 cm³/mol. The summed E-state index contributed by atoms with van der Waals surface area (Å²) >= 11 is 0. The smallest absolute Gasteiger partial charge is 0.0954 e. The largest absolute Gasteiger partial charge is 0.387 e. The highest BCUT2D eigenvalue weighted by molar-refractivity contribution is 5.79. The molecule has 0 saturated carbocycles. The van der Waals surface area contributed by atoms with Crippen LogP contribution in [0.25, 0.3) is 10.9 Å². The van der Waals surface area contributed by atoms with Gasteiger partial charge in [0.05, 0.1) is 12.2 Å². The molecule has 0 radical (unpaired) electrons. The predicted octanol–water partition coefficient (Wildman–Crippen LogP) is 2.78. The Morgan fingerprint density at radius 2 is 2.14 bits per heavy atom. The molecule has 120 valence electrons. The van der Waals surface area contributed by atoms with Gasteiger partial charge in [0, 0.05) is 43.9 Å². The van der Waals surface area contributed by atoms with Crippen LogP contribution in [0.2, 0.25) is 0 Å². The second kappa shape index (κ2) is 5.69. The number of likely N-dealkylation sites (tertiary alicyclic amines) is 1. The highest BCUT2D eigenvalue weighted by Gasteiger charge is 2.47. The number of methoxy groups -OCH3 is 1. The van der Waals surface area contributed by atoms with Crippen molar-refractivity contribution in [3.8, 4) is 0 Å². The van der Waals surface area contributed by atoms with Crippen LogP contribution in [0.15, 0.2) is 30.5 Å². The summed E-state index contributed by atoms with van der Waals surface area (Å²) in [6, 6.07) is 8.67. The van der Waals surface area contributed by atoms with E-state index in [1.807, 2.05) is 6.20 Å². The molecule has 1 aromatic carbocycles. The number of piperidine rings is 1. The highest BCUT2D eigenvalue weighted by atomic mass is 16.5. The van der Waals surface area contributed by atoms with Crippen molar-refractivity contribution >= 4 is 10.9 Å². The number of aliphatic hydroxyl groups is 1. The summed E-state index contributed by atoms with van der Waals surface area (Å²) in [6.07, 6.45) is 2.73. The topological polar surface area (TPSA) is 48.5 Å². The van der Waals surface area contributed by atoms with Crippen LogP contribution in [-0.2, 0) is 11.3 Å². The summed E-state index contributed by atoms with van der Waals surface area (Å²) in [5, 5.41) is 12.1. The molecule has 1 atom stereocenters. The van der Waals surface area contributed by atoms with Crippen LogP contribution in [0.5, 0.6) is 0 Å². The molecule has 2 N–H and O–H groups in total. The number of ether oxygens (including phenoxy) is 1. The Kier molecular flexibility index (Phi) is 4.02. The Balaban J connectivity index is 1.72. The normalized spacial score (nSPS) is 25.6. The van der Waals surface area contributed by atoms with E-state index in [4.69, 9.17) is 4.74 Å². The molecule has 1 aliphatic heterocycles. The molecule has 0 amide bonds. The number of H-pyrrole nitrogens is 1. The van der Waals surface area contributed by atoms with Gasteiger partial charge in [-0.3, -0.25) is 4.90 Å². The number of hydrogen-bond donors (Lipinski definition) is 2. The van der Waals surface area contributed by atoms with Gasteiger partial charge in [-0.25, -0.2) is 0 Å². The quantitative estimate of drug-likeness (QED) is 0.913. The van der Waals surface area contributed by atoms with Crippen LogP contribution in [0, 0.1) is 5.41 Å². The van der Waals surface area contributed by atoms with Crippen molar-refractivity contribution < 1.29 is 9.84 Å². The first kappa shape index (κ1) is 15.5. The fourth-order valence-corrected chi connectivity index (χ4v) is 3.57. The first-order valence-electron chi connectivity index (χ1n) is 7.93. The van der Waals surface area contributed by atoms with Gasteiger partial charge in [-0.1, -0.05) is 19.9 Å². The van der Waals surface area contributed by atoms with E-state index in [2.05, 4.69) is 48.0 Å². The molecule has 2 aromatic rings. The fourth-order valence-electron chi connectivity index (χ4n) is 3.57. The third-order valence-corrected chi connectivity index (χ3v) is 5.13. The molecule has 0 unspecified atom stereocenters. The number of fused-ring (bicyclic) bond motifs is 1. The van der Waals surface area contributed by atoms with Crippen LogP contribution >= 0.6 is 0 Å². The van der Waals surface area contributed by atoms with Crippen molar-refractivity contribution in [3.05, 3.63) is 36.0 Å². The van der Waals surface area contributed by atoms with Gasteiger partial charge in [-0.15, -0.1) is 0 Å². The third kappa shape index (κ3) is 2.78. The summed E-state index contributed by atoms with van der Waals surface area (Å²) in [6.45, 7) is 7.37. The summed E-state index contributed by atoms with van der Waals surface area (Å²) in [5.41, 5.74) is 1.58. The first-order chi connectivity index (χ1) is 10.4. The highest BCUT2D eigenvalue weighted by Crippen LogP contribution is 2.39. The molecule has 3 rings (SSSR count). The molecule has 1 aliphatic rings. The van der Waals surface area contributed by atoms with Gasteiger partial charge >= 0.3 is 0 Å². The van der Waals surface area contributed by atoms with E-state index in [0.29, 0.717) is 6.61 Å². The second-order valence-electron chi connectivity index (χ2n) is 7.21. The average molecular weight is 302 g/mol. The Morgan fingerprint density at radius 3 is 2.86 bits per heavy atom. The van der Waals surface area contributed by atoms with Crippen molar-refractivity contribution in [1.29, 1.82) is 0 Å². The molecule has 1 aromatic heterocycles. The van der Waals surface area contributed by atoms with Gasteiger partial charge < -0.3 is 14.8 Å². The van der Waals surface area contributed by atoms with Crippen molar-refractivity contribution in [1.82, 2.24) is 9.88 Å². The molecule has 0 aliphatic carbocycles. The minimum absolute atomic E-state index is 0.181.